The van der Waals surface area contributed by atoms with Gasteiger partial charge in [0.15, 0.2) is 0 Å². The van der Waals surface area contributed by atoms with Crippen LogP contribution in [0.4, 0.5) is 11.8 Å². The molecule has 0 aliphatic heterocycles. The topological polar surface area (TPSA) is 62.7 Å². The Morgan fingerprint density at radius 3 is 2.74 bits per heavy atom. The fourth-order valence-electron chi connectivity index (χ4n) is 2.70. The third-order valence-electron chi connectivity index (χ3n) is 3.99. The van der Waals surface area contributed by atoms with Gasteiger partial charge in [-0.05, 0) is 55.9 Å². The van der Waals surface area contributed by atoms with Crippen LogP contribution in [0.3, 0.4) is 0 Å². The zero-order valence-corrected chi connectivity index (χ0v) is 13.3. The van der Waals surface area contributed by atoms with Crippen LogP contribution < -0.4 is 10.6 Å². The van der Waals surface area contributed by atoms with E-state index in [1.807, 2.05) is 18.2 Å². The number of hydrogen-bond donors (Lipinski definition) is 2. The predicted molar refractivity (Wildman–Crippen MR) is 93.3 cm³/mol. The fraction of sp³-hybridized carbons (Fsp3) is 0.389. The zero-order chi connectivity index (χ0) is 15.7. The highest BCUT2D eigenvalue weighted by Crippen LogP contribution is 2.19. The lowest BCUT2D eigenvalue weighted by atomic mass is 9.97. The van der Waals surface area contributed by atoms with Crippen LogP contribution in [0.1, 0.15) is 37.7 Å². The fourth-order valence-corrected chi connectivity index (χ4v) is 2.70. The normalized spacial score (nSPS) is 14.2. The third-order valence-corrected chi connectivity index (χ3v) is 3.99. The molecule has 0 spiro atoms. The lowest BCUT2D eigenvalue weighted by molar-refractivity contribution is 0.679. The highest BCUT2D eigenvalue weighted by molar-refractivity contribution is 5.40. The first-order valence-corrected chi connectivity index (χ1v) is 8.28. The quantitative estimate of drug-likeness (QED) is 0.762. The molecular formula is C18H23N5. The molecule has 0 atom stereocenters. The number of aromatic nitrogens is 3. The molecule has 120 valence electrons. The molecule has 0 aromatic carbocycles. The molecule has 5 nitrogen and oxygen atoms in total. The average Bonchev–Trinajstić information content (AvgIpc) is 2.62. The third kappa shape index (κ3) is 5.06. The van der Waals surface area contributed by atoms with Crippen molar-refractivity contribution in [1.82, 2.24) is 15.0 Å². The van der Waals surface area contributed by atoms with Gasteiger partial charge in [0.05, 0.1) is 0 Å². The summed E-state index contributed by atoms with van der Waals surface area (Å²) in [4.78, 5) is 12.8. The number of anilines is 2. The van der Waals surface area contributed by atoms with Gasteiger partial charge in [-0.1, -0.05) is 11.6 Å². The smallest absolute Gasteiger partial charge is 0.224 e. The molecule has 2 heterocycles. The second-order valence-electron chi connectivity index (χ2n) is 5.76. The average molecular weight is 309 g/mol. The van der Waals surface area contributed by atoms with Gasteiger partial charge in [0.1, 0.15) is 5.82 Å². The Morgan fingerprint density at radius 1 is 1.00 bits per heavy atom. The SMILES string of the molecule is C1=C(CCNc2nccc(NCc3ccncc3)n2)CCCC1. The minimum absolute atomic E-state index is 0.682. The van der Waals surface area contributed by atoms with Crippen LogP contribution in [-0.2, 0) is 6.54 Å². The van der Waals surface area contributed by atoms with Gasteiger partial charge in [-0.25, -0.2) is 4.98 Å². The maximum Gasteiger partial charge on any atom is 0.224 e. The summed E-state index contributed by atoms with van der Waals surface area (Å²) in [5.41, 5.74) is 2.74. The number of hydrogen-bond acceptors (Lipinski definition) is 5. The molecule has 0 saturated carbocycles. The Kier molecular flexibility index (Phi) is 5.56. The van der Waals surface area contributed by atoms with E-state index in [9.17, 15) is 0 Å². The van der Waals surface area contributed by atoms with Crippen LogP contribution in [0.2, 0.25) is 0 Å². The number of allylic oxidation sites excluding steroid dienone is 1. The van der Waals surface area contributed by atoms with Crippen LogP contribution in [0.15, 0.2) is 48.4 Å². The van der Waals surface area contributed by atoms with Crippen molar-refractivity contribution in [2.45, 2.75) is 38.6 Å². The van der Waals surface area contributed by atoms with Gasteiger partial charge in [0.2, 0.25) is 5.95 Å². The van der Waals surface area contributed by atoms with E-state index < -0.39 is 0 Å². The first kappa shape index (κ1) is 15.5. The number of nitrogens with one attached hydrogen (secondary N) is 2. The summed E-state index contributed by atoms with van der Waals surface area (Å²) < 4.78 is 0. The summed E-state index contributed by atoms with van der Waals surface area (Å²) in [6.45, 7) is 1.62. The Balaban J connectivity index is 1.48. The van der Waals surface area contributed by atoms with Crippen molar-refractivity contribution < 1.29 is 0 Å². The van der Waals surface area contributed by atoms with Crippen LogP contribution in [0, 0.1) is 0 Å². The summed E-state index contributed by atoms with van der Waals surface area (Å²) >= 11 is 0. The van der Waals surface area contributed by atoms with Crippen molar-refractivity contribution in [3.63, 3.8) is 0 Å². The van der Waals surface area contributed by atoms with E-state index >= 15 is 0 Å². The van der Waals surface area contributed by atoms with Gasteiger partial charge >= 0.3 is 0 Å². The highest BCUT2D eigenvalue weighted by atomic mass is 15.1. The van der Waals surface area contributed by atoms with Crippen molar-refractivity contribution in [3.8, 4) is 0 Å². The van der Waals surface area contributed by atoms with Crippen molar-refractivity contribution in [2.75, 3.05) is 17.2 Å². The number of pyridine rings is 1. The van der Waals surface area contributed by atoms with Crippen LogP contribution >= 0.6 is 0 Å². The van der Waals surface area contributed by atoms with E-state index in [1.54, 1.807) is 24.2 Å². The van der Waals surface area contributed by atoms with Gasteiger partial charge in [0.25, 0.3) is 0 Å². The molecule has 0 amide bonds. The second kappa shape index (κ2) is 8.27. The molecular weight excluding hydrogens is 286 g/mol. The second-order valence-corrected chi connectivity index (χ2v) is 5.76. The van der Waals surface area contributed by atoms with E-state index in [4.69, 9.17) is 0 Å². The molecule has 23 heavy (non-hydrogen) atoms. The maximum atomic E-state index is 4.50. The number of nitrogens with zero attached hydrogens (tertiary/aromatic N) is 3. The Hall–Kier alpha value is -2.43. The molecule has 0 fully saturated rings. The van der Waals surface area contributed by atoms with Crippen LogP contribution in [-0.4, -0.2) is 21.5 Å². The molecule has 0 unspecified atom stereocenters. The van der Waals surface area contributed by atoms with E-state index in [2.05, 4.69) is 31.7 Å². The molecule has 1 aliphatic rings. The molecule has 0 saturated heterocycles. The van der Waals surface area contributed by atoms with Gasteiger partial charge in [0, 0.05) is 31.7 Å². The van der Waals surface area contributed by atoms with E-state index in [1.165, 1.54) is 31.2 Å². The Morgan fingerprint density at radius 2 is 1.91 bits per heavy atom. The molecule has 2 aromatic heterocycles. The van der Waals surface area contributed by atoms with Gasteiger partial charge < -0.3 is 10.6 Å². The van der Waals surface area contributed by atoms with Gasteiger partial charge in [-0.3, -0.25) is 4.98 Å². The van der Waals surface area contributed by atoms with Crippen molar-refractivity contribution in [1.29, 1.82) is 0 Å². The number of rotatable bonds is 7. The predicted octanol–water partition coefficient (Wildman–Crippen LogP) is 3.79. The first-order valence-electron chi connectivity index (χ1n) is 8.28. The van der Waals surface area contributed by atoms with Gasteiger partial charge in [-0.2, -0.15) is 4.98 Å². The summed E-state index contributed by atoms with van der Waals surface area (Å²) in [6, 6.07) is 5.87. The Labute approximate surface area is 137 Å². The standard InChI is InChI=1S/C18H23N5/c1-2-4-15(5-3-1)8-12-20-18-21-13-9-17(23-18)22-14-16-6-10-19-11-7-16/h4,6-7,9-11,13H,1-3,5,8,12,14H2,(H2,20,21,22,23). The lowest BCUT2D eigenvalue weighted by Crippen LogP contribution is -2.09. The van der Waals surface area contributed by atoms with Crippen molar-refractivity contribution >= 4 is 11.8 Å². The summed E-state index contributed by atoms with van der Waals surface area (Å²) in [7, 11) is 0. The molecule has 0 radical (unpaired) electrons. The molecule has 2 aromatic rings. The Bertz CT molecular complexity index is 639. The van der Waals surface area contributed by atoms with Crippen LogP contribution in [0.25, 0.3) is 0 Å². The monoisotopic (exact) mass is 309 g/mol. The van der Waals surface area contributed by atoms with Crippen molar-refractivity contribution in [2.24, 2.45) is 0 Å². The molecule has 1 aliphatic carbocycles. The van der Waals surface area contributed by atoms with Crippen LogP contribution in [0.5, 0.6) is 0 Å². The summed E-state index contributed by atoms with van der Waals surface area (Å²) in [5.74, 6) is 1.51. The maximum absolute atomic E-state index is 4.50. The lowest BCUT2D eigenvalue weighted by Gasteiger charge is -2.13. The minimum atomic E-state index is 0.682. The first-order chi connectivity index (χ1) is 11.4. The molecule has 3 rings (SSSR count). The van der Waals surface area contributed by atoms with E-state index in [0.29, 0.717) is 5.95 Å². The summed E-state index contributed by atoms with van der Waals surface area (Å²) in [6.07, 6.45) is 14.0. The molecule has 0 bridgehead atoms. The highest BCUT2D eigenvalue weighted by Gasteiger charge is 2.04. The van der Waals surface area contributed by atoms with Gasteiger partial charge in [-0.15, -0.1) is 0 Å². The molecule has 2 N–H and O–H groups in total. The van der Waals surface area contributed by atoms with Crippen molar-refractivity contribution in [3.05, 3.63) is 54.0 Å². The molecule has 5 heteroatoms. The van der Waals surface area contributed by atoms with E-state index in [0.717, 1.165) is 25.3 Å². The van der Waals surface area contributed by atoms with E-state index in [-0.39, 0.29) is 0 Å². The summed E-state index contributed by atoms with van der Waals surface area (Å²) in [5, 5.41) is 6.63. The largest absolute Gasteiger partial charge is 0.366 e. The zero-order valence-electron chi connectivity index (χ0n) is 13.3. The minimum Gasteiger partial charge on any atom is -0.366 e.